The molecule has 156 valence electrons. The van der Waals surface area contributed by atoms with Crippen LogP contribution in [0, 0.1) is 5.92 Å². The van der Waals surface area contributed by atoms with E-state index in [0.717, 1.165) is 42.7 Å². The van der Waals surface area contributed by atoms with Crippen molar-refractivity contribution in [3.8, 4) is 0 Å². The number of fused-ring (bicyclic) bond motifs is 3. The van der Waals surface area contributed by atoms with Crippen LogP contribution in [-0.2, 0) is 10.0 Å². The van der Waals surface area contributed by atoms with Gasteiger partial charge in [-0.15, -0.1) is 10.2 Å². The van der Waals surface area contributed by atoms with Crippen LogP contribution in [-0.4, -0.2) is 66.8 Å². The molecule has 9 nitrogen and oxygen atoms in total. The van der Waals surface area contributed by atoms with Crippen molar-refractivity contribution >= 4 is 26.8 Å². The average Bonchev–Trinajstić information content (AvgIpc) is 3.14. The first-order chi connectivity index (χ1) is 14.0. The molecule has 3 heterocycles. The molecule has 5 rings (SSSR count). The highest BCUT2D eigenvalue weighted by Crippen LogP contribution is 2.45. The lowest BCUT2D eigenvalue weighted by Gasteiger charge is -2.27. The molecule has 2 N–H and O–H groups in total. The Morgan fingerprint density at radius 3 is 2.86 bits per heavy atom. The number of nitrogens with zero attached hydrogens (tertiary/aromatic N) is 5. The highest BCUT2D eigenvalue weighted by molar-refractivity contribution is 7.90. The van der Waals surface area contributed by atoms with Gasteiger partial charge in [0.2, 0.25) is 10.0 Å². The van der Waals surface area contributed by atoms with Crippen molar-refractivity contribution in [2.24, 2.45) is 5.92 Å². The Balaban J connectivity index is 1.53. The summed E-state index contributed by atoms with van der Waals surface area (Å²) in [6, 6.07) is 1.85. The number of aromatic nitrogens is 5. The molecule has 0 saturated heterocycles. The molecule has 0 aromatic carbocycles. The number of aromatic amines is 1. The lowest BCUT2D eigenvalue weighted by Crippen LogP contribution is -2.42. The number of aliphatic hydroxyl groups excluding tert-OH is 1. The molecule has 0 spiro atoms. The molecule has 0 bridgehead atoms. The number of rotatable bonds is 7. The Morgan fingerprint density at radius 1 is 1.31 bits per heavy atom. The second kappa shape index (κ2) is 7.03. The zero-order chi connectivity index (χ0) is 20.2. The summed E-state index contributed by atoms with van der Waals surface area (Å²) in [6.07, 6.45) is 7.42. The standard InChI is InChI=1S/C19H26N6O3S/c1-2-12-9-13(24(7-8-26)29(27,28)14-3-4-14)10-15(12)19-23-22-17-11-21-18-16(25(17)19)5-6-20-18/h5-6,11-15,20,26H,2-4,7-10H2,1H3/t12-,13+,15+/m1/s1. The molecule has 2 saturated carbocycles. The summed E-state index contributed by atoms with van der Waals surface area (Å²) in [5.74, 6) is 1.29. The van der Waals surface area contributed by atoms with Crippen molar-refractivity contribution in [2.45, 2.75) is 56.2 Å². The molecular formula is C19H26N6O3S. The summed E-state index contributed by atoms with van der Waals surface area (Å²) in [4.78, 5) is 7.51. The molecule has 0 amide bonds. The van der Waals surface area contributed by atoms with Crippen LogP contribution in [0.2, 0.25) is 0 Å². The van der Waals surface area contributed by atoms with Crippen LogP contribution in [0.25, 0.3) is 16.8 Å². The van der Waals surface area contributed by atoms with Gasteiger partial charge in [0.15, 0.2) is 11.3 Å². The summed E-state index contributed by atoms with van der Waals surface area (Å²) in [5, 5.41) is 18.1. The molecule has 10 heteroatoms. The molecular weight excluding hydrogens is 392 g/mol. The van der Waals surface area contributed by atoms with Gasteiger partial charge in [-0.1, -0.05) is 13.3 Å². The van der Waals surface area contributed by atoms with Crippen molar-refractivity contribution in [3.63, 3.8) is 0 Å². The Labute approximate surface area is 169 Å². The van der Waals surface area contributed by atoms with Crippen molar-refractivity contribution in [3.05, 3.63) is 24.3 Å². The van der Waals surface area contributed by atoms with Gasteiger partial charge in [0.25, 0.3) is 0 Å². The van der Waals surface area contributed by atoms with Gasteiger partial charge in [-0.3, -0.25) is 4.40 Å². The lowest BCUT2D eigenvalue weighted by molar-refractivity contribution is 0.223. The molecule has 0 aliphatic heterocycles. The maximum absolute atomic E-state index is 13.0. The minimum absolute atomic E-state index is 0.107. The van der Waals surface area contributed by atoms with Crippen LogP contribution < -0.4 is 0 Å². The molecule has 3 atom stereocenters. The molecule has 29 heavy (non-hydrogen) atoms. The summed E-state index contributed by atoms with van der Waals surface area (Å²) < 4.78 is 29.6. The zero-order valence-corrected chi connectivity index (χ0v) is 17.2. The van der Waals surface area contributed by atoms with Crippen LogP contribution in [0.15, 0.2) is 18.5 Å². The van der Waals surface area contributed by atoms with Crippen molar-refractivity contribution in [1.82, 2.24) is 28.9 Å². The number of nitrogens with one attached hydrogen (secondary N) is 1. The zero-order valence-electron chi connectivity index (χ0n) is 16.4. The van der Waals surface area contributed by atoms with E-state index in [1.807, 2.05) is 16.7 Å². The Hall–Kier alpha value is -2.04. The van der Waals surface area contributed by atoms with Gasteiger partial charge < -0.3 is 10.1 Å². The predicted octanol–water partition coefficient (Wildman–Crippen LogP) is 1.66. The van der Waals surface area contributed by atoms with E-state index < -0.39 is 10.0 Å². The topological polar surface area (TPSA) is 116 Å². The monoisotopic (exact) mass is 418 g/mol. The van der Waals surface area contributed by atoms with Gasteiger partial charge in [0.05, 0.1) is 23.6 Å². The fraction of sp³-hybridized carbons (Fsp3) is 0.632. The second-order valence-electron chi connectivity index (χ2n) is 8.20. The SMILES string of the molecule is CC[C@@H]1C[C@H](N(CCO)S(=O)(=O)C2CC2)C[C@@H]1c1nnc2cnc3[nH]ccc3n12. The number of aliphatic hydroxyl groups is 1. The van der Waals surface area contributed by atoms with E-state index >= 15 is 0 Å². The van der Waals surface area contributed by atoms with Gasteiger partial charge in [-0.2, -0.15) is 4.31 Å². The van der Waals surface area contributed by atoms with E-state index in [2.05, 4.69) is 27.1 Å². The van der Waals surface area contributed by atoms with Crippen molar-refractivity contribution < 1.29 is 13.5 Å². The van der Waals surface area contributed by atoms with Crippen LogP contribution in [0.5, 0.6) is 0 Å². The van der Waals surface area contributed by atoms with Crippen LogP contribution in [0.4, 0.5) is 0 Å². The van der Waals surface area contributed by atoms with E-state index in [1.165, 1.54) is 0 Å². The third kappa shape index (κ3) is 3.04. The van der Waals surface area contributed by atoms with E-state index in [1.54, 1.807) is 10.5 Å². The molecule has 2 aliphatic rings. The van der Waals surface area contributed by atoms with E-state index in [0.29, 0.717) is 18.0 Å². The quantitative estimate of drug-likeness (QED) is 0.603. The van der Waals surface area contributed by atoms with Crippen molar-refractivity contribution in [1.29, 1.82) is 0 Å². The van der Waals surface area contributed by atoms with Crippen LogP contribution in [0.3, 0.4) is 0 Å². The number of sulfonamides is 1. The second-order valence-corrected chi connectivity index (χ2v) is 10.4. The van der Waals surface area contributed by atoms with E-state index in [4.69, 9.17) is 0 Å². The summed E-state index contributed by atoms with van der Waals surface area (Å²) in [5.41, 5.74) is 2.40. The Bertz CT molecular complexity index is 1140. The molecule has 3 aromatic heterocycles. The van der Waals surface area contributed by atoms with E-state index in [-0.39, 0.29) is 30.4 Å². The number of hydrogen-bond donors (Lipinski definition) is 2. The fourth-order valence-corrected chi connectivity index (χ4v) is 6.95. The third-order valence-electron chi connectivity index (χ3n) is 6.49. The summed E-state index contributed by atoms with van der Waals surface area (Å²) in [6.45, 7) is 2.15. The minimum Gasteiger partial charge on any atom is -0.395 e. The minimum atomic E-state index is -3.35. The van der Waals surface area contributed by atoms with Crippen LogP contribution in [0.1, 0.15) is 50.8 Å². The highest BCUT2D eigenvalue weighted by Gasteiger charge is 2.47. The third-order valence-corrected chi connectivity index (χ3v) is 8.94. The molecule has 2 fully saturated rings. The predicted molar refractivity (Wildman–Crippen MR) is 108 cm³/mol. The normalized spacial score (nSPS) is 25.6. The fourth-order valence-electron chi connectivity index (χ4n) is 4.91. The van der Waals surface area contributed by atoms with Gasteiger partial charge in [-0.05, 0) is 37.7 Å². The first kappa shape index (κ1) is 19.0. The lowest BCUT2D eigenvalue weighted by atomic mass is 9.93. The van der Waals surface area contributed by atoms with Crippen LogP contribution >= 0.6 is 0 Å². The number of hydrogen-bond acceptors (Lipinski definition) is 6. The molecule has 2 aliphatic carbocycles. The largest absolute Gasteiger partial charge is 0.395 e. The Morgan fingerprint density at radius 2 is 2.14 bits per heavy atom. The van der Waals surface area contributed by atoms with Gasteiger partial charge in [0, 0.05) is 24.7 Å². The first-order valence-electron chi connectivity index (χ1n) is 10.3. The summed E-state index contributed by atoms with van der Waals surface area (Å²) in [7, 11) is -3.35. The average molecular weight is 419 g/mol. The molecule has 3 aromatic rings. The van der Waals surface area contributed by atoms with Gasteiger partial charge >= 0.3 is 0 Å². The first-order valence-corrected chi connectivity index (χ1v) is 11.8. The smallest absolute Gasteiger partial charge is 0.217 e. The van der Waals surface area contributed by atoms with E-state index in [9.17, 15) is 13.5 Å². The maximum Gasteiger partial charge on any atom is 0.217 e. The van der Waals surface area contributed by atoms with Gasteiger partial charge in [-0.25, -0.2) is 13.4 Å². The van der Waals surface area contributed by atoms with Crippen molar-refractivity contribution in [2.75, 3.05) is 13.2 Å². The Kier molecular flexibility index (Phi) is 4.60. The highest BCUT2D eigenvalue weighted by atomic mass is 32.2. The van der Waals surface area contributed by atoms with Gasteiger partial charge in [0.1, 0.15) is 5.82 Å². The molecule has 0 unspecified atom stereocenters. The molecule has 0 radical (unpaired) electrons. The maximum atomic E-state index is 13.0. The number of H-pyrrole nitrogens is 1. The summed E-state index contributed by atoms with van der Waals surface area (Å²) >= 11 is 0.